The third-order valence-electron chi connectivity index (χ3n) is 1.21. The smallest absolute Gasteiger partial charge is 0.239 e. The van der Waals surface area contributed by atoms with Gasteiger partial charge in [0, 0.05) is 0 Å². The summed E-state index contributed by atoms with van der Waals surface area (Å²) in [5.41, 5.74) is 0.540. The Morgan fingerprint density at radius 1 is 1.70 bits per heavy atom. The van der Waals surface area contributed by atoms with Gasteiger partial charge in [-0.15, -0.1) is 0 Å². The zero-order valence-electron chi connectivity index (χ0n) is 5.07. The van der Waals surface area contributed by atoms with Gasteiger partial charge in [0.15, 0.2) is 5.70 Å². The number of allylic oxidation sites excluding steroid dienone is 2. The minimum Gasteiger partial charge on any atom is -0.259 e. The normalized spacial score (nSPS) is 15.5. The minimum atomic E-state index is -0.464. The van der Waals surface area contributed by atoms with Crippen molar-refractivity contribution < 1.29 is 4.92 Å². The van der Waals surface area contributed by atoms with E-state index in [1.165, 1.54) is 12.2 Å². The lowest BCUT2D eigenvalue weighted by Crippen LogP contribution is -1.94. The Labute approximate surface area is 57.4 Å². The van der Waals surface area contributed by atoms with Crippen LogP contribution in [0.3, 0.4) is 0 Å². The van der Waals surface area contributed by atoms with Crippen molar-refractivity contribution in [1.82, 2.24) is 0 Å². The highest BCUT2D eigenvalue weighted by molar-refractivity contribution is 5.30. The van der Waals surface area contributed by atoms with Crippen molar-refractivity contribution in [3.05, 3.63) is 45.1 Å². The molecule has 1 aliphatic rings. The van der Waals surface area contributed by atoms with Crippen LogP contribution in [0.5, 0.6) is 0 Å². The van der Waals surface area contributed by atoms with E-state index in [0.717, 1.165) is 0 Å². The molecule has 0 aromatic carbocycles. The third kappa shape index (κ3) is 1.03. The summed E-state index contributed by atoms with van der Waals surface area (Å²) < 4.78 is 0. The molecule has 0 aliphatic heterocycles. The molecule has 0 unspecified atom stereocenters. The maximum Gasteiger partial charge on any atom is 0.239 e. The summed E-state index contributed by atoms with van der Waals surface area (Å²) in [5, 5.41) is 10.1. The average Bonchev–Trinajstić information content (AvgIpc) is 2.34. The molecule has 0 atom stereocenters. The highest BCUT2D eigenvalue weighted by Gasteiger charge is 2.17. The molecule has 0 fully saturated rings. The Kier molecular flexibility index (Phi) is 1.50. The molecule has 1 rings (SSSR count). The van der Waals surface area contributed by atoms with E-state index in [0.29, 0.717) is 5.70 Å². The summed E-state index contributed by atoms with van der Waals surface area (Å²) >= 11 is 0. The van der Waals surface area contributed by atoms with Crippen LogP contribution in [-0.4, -0.2) is 4.92 Å². The molecule has 0 spiro atoms. The summed E-state index contributed by atoms with van der Waals surface area (Å²) in [6.07, 6.45) is 3.02. The van der Waals surface area contributed by atoms with Crippen molar-refractivity contribution >= 4 is 0 Å². The quantitative estimate of drug-likeness (QED) is 0.310. The first-order chi connectivity index (χ1) is 4.74. The molecule has 0 saturated carbocycles. The zero-order valence-corrected chi connectivity index (χ0v) is 5.07. The maximum absolute atomic E-state index is 10.1. The van der Waals surface area contributed by atoms with E-state index in [1.54, 1.807) is 0 Å². The lowest BCUT2D eigenvalue weighted by Gasteiger charge is -1.87. The van der Waals surface area contributed by atoms with Crippen LogP contribution in [0.15, 0.2) is 23.5 Å². The van der Waals surface area contributed by atoms with E-state index in [-0.39, 0.29) is 12.1 Å². The van der Waals surface area contributed by atoms with Crippen molar-refractivity contribution in [2.24, 2.45) is 0 Å². The summed E-state index contributed by atoms with van der Waals surface area (Å²) in [4.78, 5) is 12.7. The maximum atomic E-state index is 10.1. The number of hydrogen-bond donors (Lipinski definition) is 0. The molecule has 0 aromatic heterocycles. The molecule has 50 valence electrons. The molecule has 0 saturated heterocycles. The third-order valence-corrected chi connectivity index (χ3v) is 1.21. The van der Waals surface area contributed by atoms with Gasteiger partial charge < -0.3 is 0 Å². The topological polar surface area (TPSA) is 47.5 Å². The second-order valence-corrected chi connectivity index (χ2v) is 1.86. The fraction of sp³-hybridized carbons (Fsp3) is 0.167. The van der Waals surface area contributed by atoms with Crippen LogP contribution in [0, 0.1) is 16.7 Å². The SMILES string of the molecule is [C-]#[N+]C1=CC=C([N+](=O)[O-])C1. The van der Waals surface area contributed by atoms with Crippen molar-refractivity contribution in [3.8, 4) is 0 Å². The molecule has 10 heavy (non-hydrogen) atoms. The van der Waals surface area contributed by atoms with Gasteiger partial charge in [0.1, 0.15) is 0 Å². The average molecular weight is 136 g/mol. The molecular weight excluding hydrogens is 132 g/mol. The Morgan fingerprint density at radius 2 is 2.40 bits per heavy atom. The van der Waals surface area contributed by atoms with Crippen LogP contribution in [0.25, 0.3) is 4.85 Å². The van der Waals surface area contributed by atoms with E-state index < -0.39 is 4.92 Å². The van der Waals surface area contributed by atoms with Crippen molar-refractivity contribution in [2.45, 2.75) is 6.42 Å². The number of nitro groups is 1. The van der Waals surface area contributed by atoms with Crippen LogP contribution in [0.1, 0.15) is 6.42 Å². The second kappa shape index (κ2) is 2.31. The Hall–Kier alpha value is -1.63. The summed E-state index contributed by atoms with van der Waals surface area (Å²) in [5.74, 6) is 0. The van der Waals surface area contributed by atoms with Crippen LogP contribution in [0.4, 0.5) is 0 Å². The monoisotopic (exact) mass is 136 g/mol. The van der Waals surface area contributed by atoms with Crippen LogP contribution in [-0.2, 0) is 0 Å². The molecule has 1 aliphatic carbocycles. The lowest BCUT2D eigenvalue weighted by atomic mass is 10.3. The molecular formula is C6H4N2O2. The first-order valence-electron chi connectivity index (χ1n) is 2.65. The van der Waals surface area contributed by atoms with Crippen LogP contribution in [0.2, 0.25) is 0 Å². The summed E-state index contributed by atoms with van der Waals surface area (Å²) in [7, 11) is 0. The molecule has 0 aromatic rings. The van der Waals surface area contributed by atoms with Crippen LogP contribution < -0.4 is 0 Å². The minimum absolute atomic E-state index is 0.103. The molecule has 4 nitrogen and oxygen atoms in total. The van der Waals surface area contributed by atoms with Gasteiger partial charge in [-0.1, -0.05) is 6.08 Å². The molecule has 4 heteroatoms. The van der Waals surface area contributed by atoms with E-state index in [2.05, 4.69) is 4.85 Å². The predicted octanol–water partition coefficient (Wildman–Crippen LogP) is 1.35. The predicted molar refractivity (Wildman–Crippen MR) is 34.4 cm³/mol. The van der Waals surface area contributed by atoms with Crippen molar-refractivity contribution in [1.29, 1.82) is 0 Å². The van der Waals surface area contributed by atoms with Gasteiger partial charge in [-0.05, 0) is 6.08 Å². The fourth-order valence-electron chi connectivity index (χ4n) is 0.698. The Morgan fingerprint density at radius 3 is 2.70 bits per heavy atom. The molecule has 0 N–H and O–H groups in total. The molecule has 0 amide bonds. The van der Waals surface area contributed by atoms with Crippen molar-refractivity contribution in [2.75, 3.05) is 0 Å². The van der Waals surface area contributed by atoms with E-state index in [1.807, 2.05) is 0 Å². The first kappa shape index (κ1) is 6.49. The highest BCUT2D eigenvalue weighted by atomic mass is 16.6. The second-order valence-electron chi connectivity index (χ2n) is 1.86. The molecule has 0 radical (unpaired) electrons. The lowest BCUT2D eigenvalue weighted by molar-refractivity contribution is -0.426. The number of rotatable bonds is 1. The Bertz CT molecular complexity index is 270. The van der Waals surface area contributed by atoms with Gasteiger partial charge in [-0.25, -0.2) is 4.85 Å². The Balaban J connectivity index is 2.67. The first-order valence-corrected chi connectivity index (χ1v) is 2.65. The van der Waals surface area contributed by atoms with Gasteiger partial charge in [0.05, 0.1) is 17.9 Å². The molecule has 0 bridgehead atoms. The highest BCUT2D eigenvalue weighted by Crippen LogP contribution is 2.19. The standard InChI is InChI=1S/C6H4N2O2/c1-7-5-2-3-6(4-5)8(9)10/h2-3H,4H2. The van der Waals surface area contributed by atoms with Gasteiger partial charge in [0.2, 0.25) is 5.70 Å². The largest absolute Gasteiger partial charge is 0.259 e. The van der Waals surface area contributed by atoms with Gasteiger partial charge in [-0.3, -0.25) is 10.1 Å². The van der Waals surface area contributed by atoms with Gasteiger partial charge >= 0.3 is 0 Å². The van der Waals surface area contributed by atoms with E-state index >= 15 is 0 Å². The molecule has 0 heterocycles. The zero-order chi connectivity index (χ0) is 7.56. The number of hydrogen-bond acceptors (Lipinski definition) is 2. The van der Waals surface area contributed by atoms with E-state index in [9.17, 15) is 10.1 Å². The summed E-state index contributed by atoms with van der Waals surface area (Å²) in [6.45, 7) is 6.53. The summed E-state index contributed by atoms with van der Waals surface area (Å²) in [6, 6.07) is 0. The van der Waals surface area contributed by atoms with Gasteiger partial charge in [0.25, 0.3) is 0 Å². The van der Waals surface area contributed by atoms with Crippen LogP contribution >= 0.6 is 0 Å². The number of nitrogens with zero attached hydrogens (tertiary/aromatic N) is 2. The van der Waals surface area contributed by atoms with E-state index in [4.69, 9.17) is 6.57 Å². The van der Waals surface area contributed by atoms with Crippen molar-refractivity contribution in [3.63, 3.8) is 0 Å². The fourth-order valence-corrected chi connectivity index (χ4v) is 0.698. The van der Waals surface area contributed by atoms with Gasteiger partial charge in [-0.2, -0.15) is 0 Å².